The van der Waals surface area contributed by atoms with E-state index >= 15 is 0 Å². The number of phenolic OH excluding ortho intramolecular Hbond substituents is 1. The van der Waals surface area contributed by atoms with Gasteiger partial charge in [-0.05, 0) is 41.5 Å². The van der Waals surface area contributed by atoms with Gasteiger partial charge in [0.15, 0.2) is 0 Å². The SMILES string of the molecule is C=Cc1c(/C=C\C)cccc1NC(=S)c1cc2ccccc2cc1O. The smallest absolute Gasteiger partial charge is 0.126 e. The van der Waals surface area contributed by atoms with Crippen LogP contribution in [0.3, 0.4) is 0 Å². The fourth-order valence-electron chi connectivity index (χ4n) is 2.84. The Labute approximate surface area is 153 Å². The molecule has 0 unspecified atom stereocenters. The fraction of sp³-hybridized carbons (Fsp3) is 0.0455. The van der Waals surface area contributed by atoms with Crippen molar-refractivity contribution in [3.05, 3.63) is 83.9 Å². The van der Waals surface area contributed by atoms with E-state index < -0.39 is 0 Å². The number of fused-ring (bicyclic) bond motifs is 1. The Balaban J connectivity index is 1.99. The molecule has 2 N–H and O–H groups in total. The van der Waals surface area contributed by atoms with Crippen molar-refractivity contribution in [1.29, 1.82) is 0 Å². The monoisotopic (exact) mass is 345 g/mol. The average Bonchev–Trinajstić information content (AvgIpc) is 2.61. The Bertz CT molecular complexity index is 988. The Morgan fingerprint density at radius 2 is 1.80 bits per heavy atom. The third-order valence-corrected chi connectivity index (χ3v) is 4.37. The molecule has 3 aromatic rings. The molecule has 3 rings (SSSR count). The summed E-state index contributed by atoms with van der Waals surface area (Å²) < 4.78 is 0. The van der Waals surface area contributed by atoms with Crippen molar-refractivity contribution in [3.63, 3.8) is 0 Å². The topological polar surface area (TPSA) is 32.3 Å². The molecule has 2 nitrogen and oxygen atoms in total. The van der Waals surface area contributed by atoms with Crippen molar-refractivity contribution in [2.75, 3.05) is 5.32 Å². The fourth-order valence-corrected chi connectivity index (χ4v) is 3.12. The van der Waals surface area contributed by atoms with E-state index in [9.17, 15) is 5.11 Å². The predicted octanol–water partition coefficient (Wildman–Crippen LogP) is 6.01. The van der Waals surface area contributed by atoms with Gasteiger partial charge >= 0.3 is 0 Å². The zero-order chi connectivity index (χ0) is 17.8. The Hall–Kier alpha value is -2.91. The highest BCUT2D eigenvalue weighted by molar-refractivity contribution is 7.81. The van der Waals surface area contributed by atoms with Crippen molar-refractivity contribution in [2.45, 2.75) is 6.92 Å². The zero-order valence-electron chi connectivity index (χ0n) is 14.0. The number of benzene rings is 3. The largest absolute Gasteiger partial charge is 0.507 e. The van der Waals surface area contributed by atoms with Gasteiger partial charge < -0.3 is 10.4 Å². The number of anilines is 1. The maximum Gasteiger partial charge on any atom is 0.126 e. The van der Waals surface area contributed by atoms with Crippen molar-refractivity contribution >= 4 is 45.8 Å². The number of hydrogen-bond acceptors (Lipinski definition) is 2. The average molecular weight is 345 g/mol. The van der Waals surface area contributed by atoms with Gasteiger partial charge in [-0.1, -0.05) is 73.4 Å². The number of rotatable bonds is 4. The third-order valence-electron chi connectivity index (χ3n) is 4.05. The molecule has 0 fully saturated rings. The molecule has 0 bridgehead atoms. The zero-order valence-corrected chi connectivity index (χ0v) is 14.8. The lowest BCUT2D eigenvalue weighted by molar-refractivity contribution is 0.475. The van der Waals surface area contributed by atoms with Gasteiger partial charge in [-0.3, -0.25) is 0 Å². The van der Waals surface area contributed by atoms with E-state index in [1.54, 1.807) is 12.1 Å². The van der Waals surface area contributed by atoms with Crippen molar-refractivity contribution < 1.29 is 5.11 Å². The maximum absolute atomic E-state index is 10.4. The second-order valence-electron chi connectivity index (χ2n) is 5.68. The molecule has 0 aromatic heterocycles. The number of hydrogen-bond donors (Lipinski definition) is 2. The molecule has 124 valence electrons. The third kappa shape index (κ3) is 3.47. The summed E-state index contributed by atoms with van der Waals surface area (Å²) in [5, 5.41) is 15.6. The van der Waals surface area contributed by atoms with Gasteiger partial charge in [0.1, 0.15) is 10.7 Å². The maximum atomic E-state index is 10.4. The molecule has 0 radical (unpaired) electrons. The summed E-state index contributed by atoms with van der Waals surface area (Å²) in [6, 6.07) is 17.5. The summed E-state index contributed by atoms with van der Waals surface area (Å²) in [6.07, 6.45) is 5.82. The molecule has 0 heterocycles. The van der Waals surface area contributed by atoms with E-state index in [4.69, 9.17) is 12.2 Å². The van der Waals surface area contributed by atoms with E-state index in [0.717, 1.165) is 27.6 Å². The standard InChI is InChI=1S/C22H19NOS/c1-3-8-15-11-7-12-20(18(15)4-2)23-22(25)19-13-16-9-5-6-10-17(16)14-21(19)24/h3-14,24H,2H2,1H3,(H,23,25)/b8-3-. The lowest BCUT2D eigenvalue weighted by Crippen LogP contribution is -2.12. The van der Waals surface area contributed by atoms with Crippen molar-refractivity contribution in [2.24, 2.45) is 0 Å². The minimum Gasteiger partial charge on any atom is -0.507 e. The molecule has 0 atom stereocenters. The van der Waals surface area contributed by atoms with Gasteiger partial charge in [-0.15, -0.1) is 0 Å². The van der Waals surface area contributed by atoms with Crippen molar-refractivity contribution in [1.82, 2.24) is 0 Å². The summed E-state index contributed by atoms with van der Waals surface area (Å²) in [7, 11) is 0. The molecule has 0 spiro atoms. The van der Waals surface area contributed by atoms with Crippen LogP contribution in [0.2, 0.25) is 0 Å². The Kier molecular flexibility index (Phi) is 4.96. The molecule has 3 heteroatoms. The highest BCUT2D eigenvalue weighted by Gasteiger charge is 2.11. The van der Waals surface area contributed by atoms with Gasteiger partial charge in [-0.25, -0.2) is 0 Å². The van der Waals surface area contributed by atoms with E-state index in [2.05, 4.69) is 11.9 Å². The summed E-state index contributed by atoms with van der Waals surface area (Å²) >= 11 is 5.55. The number of allylic oxidation sites excluding steroid dienone is 1. The number of aromatic hydroxyl groups is 1. The highest BCUT2D eigenvalue weighted by atomic mass is 32.1. The first kappa shape index (κ1) is 16.9. The second-order valence-corrected chi connectivity index (χ2v) is 6.09. The normalized spacial score (nSPS) is 10.9. The van der Waals surface area contributed by atoms with E-state index in [1.165, 1.54) is 0 Å². The van der Waals surface area contributed by atoms with E-state index in [-0.39, 0.29) is 5.75 Å². The van der Waals surface area contributed by atoms with Crippen molar-refractivity contribution in [3.8, 4) is 5.75 Å². The molecule has 0 aliphatic heterocycles. The highest BCUT2D eigenvalue weighted by Crippen LogP contribution is 2.28. The Morgan fingerprint density at radius 3 is 2.48 bits per heavy atom. The molecular weight excluding hydrogens is 326 g/mol. The minimum atomic E-state index is 0.168. The summed E-state index contributed by atoms with van der Waals surface area (Å²) in [4.78, 5) is 0.476. The summed E-state index contributed by atoms with van der Waals surface area (Å²) in [6.45, 7) is 5.88. The van der Waals surface area contributed by atoms with Crippen LogP contribution in [0.15, 0.2) is 67.3 Å². The molecule has 0 aliphatic rings. The van der Waals surface area contributed by atoms with E-state index in [1.807, 2.05) is 67.6 Å². The van der Waals surface area contributed by atoms with E-state index in [0.29, 0.717) is 10.6 Å². The summed E-state index contributed by atoms with van der Waals surface area (Å²) in [5.74, 6) is 0.168. The first-order valence-corrected chi connectivity index (χ1v) is 8.46. The molecular formula is C22H19NOS. The van der Waals surface area contributed by atoms with Gasteiger partial charge in [-0.2, -0.15) is 0 Å². The molecule has 0 saturated heterocycles. The van der Waals surface area contributed by atoms with Crippen LogP contribution in [0.1, 0.15) is 23.6 Å². The molecule has 0 amide bonds. The van der Waals surface area contributed by atoms with Crippen LogP contribution in [0.4, 0.5) is 5.69 Å². The van der Waals surface area contributed by atoms with Crippen LogP contribution in [0.5, 0.6) is 5.75 Å². The molecule has 3 aromatic carbocycles. The predicted molar refractivity (Wildman–Crippen MR) is 112 cm³/mol. The van der Waals surface area contributed by atoms with Gasteiger partial charge in [0, 0.05) is 11.3 Å². The van der Waals surface area contributed by atoms with Gasteiger partial charge in [0.25, 0.3) is 0 Å². The van der Waals surface area contributed by atoms with Crippen LogP contribution in [0.25, 0.3) is 22.9 Å². The van der Waals surface area contributed by atoms with Gasteiger partial charge in [0.05, 0.1) is 5.56 Å². The molecule has 0 aliphatic carbocycles. The molecule has 25 heavy (non-hydrogen) atoms. The first-order valence-electron chi connectivity index (χ1n) is 8.05. The van der Waals surface area contributed by atoms with Crippen LogP contribution in [-0.4, -0.2) is 10.1 Å². The minimum absolute atomic E-state index is 0.168. The first-order chi connectivity index (χ1) is 12.1. The number of phenols is 1. The lowest BCUT2D eigenvalue weighted by Gasteiger charge is -2.14. The van der Waals surface area contributed by atoms with Crippen LogP contribution in [-0.2, 0) is 0 Å². The van der Waals surface area contributed by atoms with Crippen LogP contribution in [0, 0.1) is 0 Å². The van der Waals surface area contributed by atoms with Crippen LogP contribution < -0.4 is 5.32 Å². The number of thiocarbonyl (C=S) groups is 1. The second kappa shape index (κ2) is 7.32. The van der Waals surface area contributed by atoms with Gasteiger partial charge in [0.2, 0.25) is 0 Å². The lowest BCUT2D eigenvalue weighted by atomic mass is 10.0. The molecule has 0 saturated carbocycles. The number of nitrogens with one attached hydrogen (secondary N) is 1. The van der Waals surface area contributed by atoms with Crippen LogP contribution >= 0.6 is 12.2 Å². The quantitative estimate of drug-likeness (QED) is 0.568. The summed E-state index contributed by atoms with van der Waals surface area (Å²) in [5.41, 5.74) is 3.51. The Morgan fingerprint density at radius 1 is 1.08 bits per heavy atom.